The van der Waals surface area contributed by atoms with Crippen molar-refractivity contribution in [2.45, 2.75) is 25.9 Å². The molecule has 1 aliphatic rings. The summed E-state index contributed by atoms with van der Waals surface area (Å²) in [7, 11) is 1.65. The molecule has 0 saturated carbocycles. The number of rotatable bonds is 2. The molecule has 0 saturated heterocycles. The Morgan fingerprint density at radius 1 is 1.75 bits per heavy atom. The Balaban J connectivity index is 2.25. The highest BCUT2D eigenvalue weighted by Gasteiger charge is 2.22. The monoisotopic (exact) mass is 224 g/mol. The number of fused-ring (bicyclic) bond motifs is 1. The topological polar surface area (TPSA) is 53.4 Å². The first kappa shape index (κ1) is 11.3. The first-order chi connectivity index (χ1) is 7.72. The number of nitrogens with zero attached hydrogens (tertiary/aromatic N) is 2. The summed E-state index contributed by atoms with van der Waals surface area (Å²) in [5, 5.41) is 4.10. The highest BCUT2D eigenvalue weighted by molar-refractivity contribution is 5.76. The van der Waals surface area contributed by atoms with Crippen molar-refractivity contribution in [1.29, 1.82) is 0 Å². The largest absolute Gasteiger partial charge is 0.382 e. The quantitative estimate of drug-likeness (QED) is 0.741. The van der Waals surface area contributed by atoms with Crippen molar-refractivity contribution < 1.29 is 14.3 Å². The number of carbonyl (C=O) groups excluding carboxylic acids is 1. The third-order valence-corrected chi connectivity index (χ3v) is 2.75. The van der Waals surface area contributed by atoms with Gasteiger partial charge in [-0.15, -0.1) is 0 Å². The summed E-state index contributed by atoms with van der Waals surface area (Å²) in [6.45, 7) is 2.72. The Labute approximate surface area is 94.3 Å². The first-order valence-electron chi connectivity index (χ1n) is 5.39. The third-order valence-electron chi connectivity index (χ3n) is 2.75. The zero-order valence-electron chi connectivity index (χ0n) is 9.60. The fourth-order valence-corrected chi connectivity index (χ4v) is 2.01. The number of methoxy groups -OCH3 is 1. The van der Waals surface area contributed by atoms with E-state index in [0.717, 1.165) is 17.7 Å². The minimum atomic E-state index is -0.0562. The normalized spacial score (nSPS) is 20.2. The van der Waals surface area contributed by atoms with Crippen molar-refractivity contribution in [1.82, 2.24) is 9.78 Å². The Morgan fingerprint density at radius 3 is 3.25 bits per heavy atom. The Bertz CT molecular complexity index is 387. The van der Waals surface area contributed by atoms with Gasteiger partial charge in [0.15, 0.2) is 0 Å². The predicted molar refractivity (Wildman–Crippen MR) is 57.6 cm³/mol. The number of hydrogen-bond acceptors (Lipinski definition) is 4. The zero-order chi connectivity index (χ0) is 11.5. The van der Waals surface area contributed by atoms with Crippen LogP contribution < -0.4 is 0 Å². The van der Waals surface area contributed by atoms with E-state index in [9.17, 15) is 4.79 Å². The van der Waals surface area contributed by atoms with E-state index < -0.39 is 0 Å². The lowest BCUT2D eigenvalue weighted by Crippen LogP contribution is -2.23. The summed E-state index contributed by atoms with van der Waals surface area (Å²) in [5.41, 5.74) is 2.07. The second-order valence-corrected chi connectivity index (χ2v) is 3.95. The van der Waals surface area contributed by atoms with Gasteiger partial charge in [0, 0.05) is 20.5 Å². The average molecular weight is 224 g/mol. The van der Waals surface area contributed by atoms with Crippen LogP contribution in [0.1, 0.15) is 23.0 Å². The molecule has 88 valence electrons. The molecular formula is C11H16N2O3. The molecule has 5 nitrogen and oxygen atoms in total. The van der Waals surface area contributed by atoms with E-state index in [0.29, 0.717) is 19.6 Å². The van der Waals surface area contributed by atoms with Crippen LogP contribution in [0.4, 0.5) is 0 Å². The van der Waals surface area contributed by atoms with Crippen LogP contribution in [0.25, 0.3) is 0 Å². The highest BCUT2D eigenvalue weighted by atomic mass is 16.5. The molecule has 0 fully saturated rings. The Hall–Kier alpha value is -1.20. The summed E-state index contributed by atoms with van der Waals surface area (Å²) >= 11 is 0. The van der Waals surface area contributed by atoms with Crippen molar-refractivity contribution in [2.24, 2.45) is 0 Å². The van der Waals surface area contributed by atoms with Crippen molar-refractivity contribution >= 4 is 5.91 Å². The van der Waals surface area contributed by atoms with E-state index in [1.807, 2.05) is 0 Å². The van der Waals surface area contributed by atoms with Crippen LogP contribution in [0.5, 0.6) is 0 Å². The predicted octanol–water partition coefficient (Wildman–Crippen LogP) is 0.673. The van der Waals surface area contributed by atoms with E-state index in [2.05, 4.69) is 5.10 Å². The minimum absolute atomic E-state index is 0.0149. The van der Waals surface area contributed by atoms with Gasteiger partial charge in [-0.05, 0) is 12.0 Å². The lowest BCUT2D eigenvalue weighted by Gasteiger charge is -2.14. The van der Waals surface area contributed by atoms with Crippen molar-refractivity contribution in [3.05, 3.63) is 17.5 Å². The van der Waals surface area contributed by atoms with E-state index in [4.69, 9.17) is 9.47 Å². The van der Waals surface area contributed by atoms with Gasteiger partial charge in [-0.3, -0.25) is 4.79 Å². The van der Waals surface area contributed by atoms with Gasteiger partial charge in [-0.2, -0.15) is 5.10 Å². The molecule has 1 atom stereocenters. The summed E-state index contributed by atoms with van der Waals surface area (Å²) in [6.07, 6.45) is 3.27. The standard InChI is InChI=1S/C11H16N2O3/c1-8(14)13-11-5-10(7-15-2)16-4-3-9(11)6-12-13/h6,10H,3-5,7H2,1-2H3/t10-/m0/s1. The number of carbonyl (C=O) groups is 1. The fraction of sp³-hybridized carbons (Fsp3) is 0.636. The maximum Gasteiger partial charge on any atom is 0.243 e. The van der Waals surface area contributed by atoms with Crippen LogP contribution in [-0.4, -0.2) is 42.1 Å². The molecule has 0 N–H and O–H groups in total. The Kier molecular flexibility index (Phi) is 3.36. The minimum Gasteiger partial charge on any atom is -0.382 e. The van der Waals surface area contributed by atoms with Crippen LogP contribution in [0.15, 0.2) is 6.20 Å². The van der Waals surface area contributed by atoms with E-state index >= 15 is 0 Å². The second kappa shape index (κ2) is 4.76. The number of hydrogen-bond donors (Lipinski definition) is 0. The van der Waals surface area contributed by atoms with Crippen molar-refractivity contribution in [3.8, 4) is 0 Å². The van der Waals surface area contributed by atoms with E-state index in [1.165, 1.54) is 11.6 Å². The van der Waals surface area contributed by atoms with E-state index in [-0.39, 0.29) is 12.0 Å². The van der Waals surface area contributed by atoms with Gasteiger partial charge in [-0.25, -0.2) is 4.68 Å². The second-order valence-electron chi connectivity index (χ2n) is 3.95. The Morgan fingerprint density at radius 2 is 2.56 bits per heavy atom. The summed E-state index contributed by atoms with van der Waals surface area (Å²) in [5.74, 6) is -0.0562. The van der Waals surface area contributed by atoms with Gasteiger partial charge < -0.3 is 9.47 Å². The molecule has 1 aliphatic heterocycles. The summed E-state index contributed by atoms with van der Waals surface area (Å²) in [6, 6.07) is 0. The molecule has 0 bridgehead atoms. The molecule has 2 rings (SSSR count). The van der Waals surface area contributed by atoms with Gasteiger partial charge in [-0.1, -0.05) is 0 Å². The number of aromatic nitrogens is 2. The van der Waals surface area contributed by atoms with Gasteiger partial charge in [0.25, 0.3) is 0 Å². The molecule has 1 aromatic rings. The average Bonchev–Trinajstić information content (AvgIpc) is 2.52. The molecule has 1 aromatic heterocycles. The SMILES string of the molecule is COC[C@@H]1Cc2c(cnn2C(C)=O)CCO1. The molecule has 0 aliphatic carbocycles. The fourth-order valence-electron chi connectivity index (χ4n) is 2.01. The van der Waals surface area contributed by atoms with E-state index in [1.54, 1.807) is 13.3 Å². The highest BCUT2D eigenvalue weighted by Crippen LogP contribution is 2.17. The van der Waals surface area contributed by atoms with Gasteiger partial charge in [0.2, 0.25) is 5.91 Å². The molecular weight excluding hydrogens is 208 g/mol. The van der Waals surface area contributed by atoms with Crippen LogP contribution >= 0.6 is 0 Å². The lowest BCUT2D eigenvalue weighted by atomic mass is 10.1. The van der Waals surface area contributed by atoms with Crippen LogP contribution in [0, 0.1) is 0 Å². The van der Waals surface area contributed by atoms with Crippen molar-refractivity contribution in [3.63, 3.8) is 0 Å². The molecule has 0 spiro atoms. The molecule has 0 radical (unpaired) electrons. The summed E-state index contributed by atoms with van der Waals surface area (Å²) in [4.78, 5) is 11.4. The molecule has 16 heavy (non-hydrogen) atoms. The lowest BCUT2D eigenvalue weighted by molar-refractivity contribution is 0.00305. The van der Waals surface area contributed by atoms with Gasteiger partial charge >= 0.3 is 0 Å². The maximum atomic E-state index is 11.4. The molecule has 0 unspecified atom stereocenters. The number of ether oxygens (including phenoxy) is 2. The molecule has 0 aromatic carbocycles. The zero-order valence-corrected chi connectivity index (χ0v) is 9.60. The van der Waals surface area contributed by atoms with Crippen LogP contribution in [0.2, 0.25) is 0 Å². The summed E-state index contributed by atoms with van der Waals surface area (Å²) < 4.78 is 12.2. The first-order valence-corrected chi connectivity index (χ1v) is 5.39. The smallest absolute Gasteiger partial charge is 0.243 e. The van der Waals surface area contributed by atoms with Crippen LogP contribution in [0.3, 0.4) is 0 Å². The third kappa shape index (κ3) is 2.15. The maximum absolute atomic E-state index is 11.4. The van der Waals surface area contributed by atoms with Crippen LogP contribution in [-0.2, 0) is 22.3 Å². The molecule has 0 amide bonds. The van der Waals surface area contributed by atoms with Crippen molar-refractivity contribution in [2.75, 3.05) is 20.3 Å². The molecule has 2 heterocycles. The van der Waals surface area contributed by atoms with Gasteiger partial charge in [0.05, 0.1) is 31.2 Å². The molecule has 5 heteroatoms. The van der Waals surface area contributed by atoms with Gasteiger partial charge in [0.1, 0.15) is 0 Å².